The van der Waals surface area contributed by atoms with Crippen LogP contribution in [0.25, 0.3) is 0 Å². The molecule has 1 atom stereocenters. The van der Waals surface area contributed by atoms with Crippen molar-refractivity contribution in [2.75, 3.05) is 39.4 Å². The highest BCUT2D eigenvalue weighted by molar-refractivity contribution is 5.95. The number of nitrogens with zero attached hydrogens (tertiary/aromatic N) is 4. The SMILES string of the molecule is Cc1nc([C@H]2CCN(C(=O)Cc3ccc4c(c3)CCCC4)C2)ncc1C(=O)N1CCOCC1. The number of ether oxygens (including phenoxy) is 1. The van der Waals surface area contributed by atoms with Gasteiger partial charge in [-0.15, -0.1) is 0 Å². The molecule has 2 aromatic rings. The fourth-order valence-corrected chi connectivity index (χ4v) is 5.21. The molecular weight excluding hydrogens is 416 g/mol. The molecule has 7 heteroatoms. The Hall–Kier alpha value is -2.80. The van der Waals surface area contributed by atoms with Crippen molar-refractivity contribution in [3.8, 4) is 0 Å². The summed E-state index contributed by atoms with van der Waals surface area (Å²) in [6, 6.07) is 6.56. The van der Waals surface area contributed by atoms with Crippen LogP contribution in [0, 0.1) is 6.92 Å². The van der Waals surface area contributed by atoms with Crippen molar-refractivity contribution in [1.82, 2.24) is 19.8 Å². The van der Waals surface area contributed by atoms with Crippen LogP contribution in [0.3, 0.4) is 0 Å². The van der Waals surface area contributed by atoms with Gasteiger partial charge in [0.15, 0.2) is 0 Å². The number of fused-ring (bicyclic) bond motifs is 1. The van der Waals surface area contributed by atoms with E-state index in [4.69, 9.17) is 4.74 Å². The highest BCUT2D eigenvalue weighted by Crippen LogP contribution is 2.27. The normalized spacial score (nSPS) is 20.6. The Bertz CT molecular complexity index is 1050. The van der Waals surface area contributed by atoms with Gasteiger partial charge in [0.05, 0.1) is 30.9 Å². The Morgan fingerprint density at radius 3 is 2.64 bits per heavy atom. The maximum atomic E-state index is 13.0. The first-order chi connectivity index (χ1) is 16.1. The number of amides is 2. The summed E-state index contributed by atoms with van der Waals surface area (Å²) in [6.45, 7) is 5.58. The van der Waals surface area contributed by atoms with Gasteiger partial charge < -0.3 is 14.5 Å². The summed E-state index contributed by atoms with van der Waals surface area (Å²) >= 11 is 0. The third-order valence-corrected chi connectivity index (χ3v) is 7.20. The van der Waals surface area contributed by atoms with E-state index in [1.807, 2.05) is 11.8 Å². The number of likely N-dealkylation sites (tertiary alicyclic amines) is 1. The first-order valence-corrected chi connectivity index (χ1v) is 12.2. The molecular formula is C26H32N4O3. The third kappa shape index (κ3) is 4.78. The van der Waals surface area contributed by atoms with Gasteiger partial charge in [0.1, 0.15) is 5.82 Å². The molecule has 33 heavy (non-hydrogen) atoms. The topological polar surface area (TPSA) is 75.6 Å². The van der Waals surface area contributed by atoms with Crippen molar-refractivity contribution >= 4 is 11.8 Å². The Morgan fingerprint density at radius 1 is 1.06 bits per heavy atom. The molecule has 2 fully saturated rings. The van der Waals surface area contributed by atoms with E-state index in [0.29, 0.717) is 50.5 Å². The van der Waals surface area contributed by atoms with E-state index < -0.39 is 0 Å². The second kappa shape index (κ2) is 9.59. The lowest BCUT2D eigenvalue weighted by molar-refractivity contribution is -0.129. The lowest BCUT2D eigenvalue weighted by Crippen LogP contribution is -2.41. The molecule has 0 unspecified atom stereocenters. The molecule has 3 aliphatic rings. The van der Waals surface area contributed by atoms with Crippen molar-refractivity contribution in [1.29, 1.82) is 0 Å². The number of carbonyl (C=O) groups excluding carboxylic acids is 2. The van der Waals surface area contributed by atoms with Crippen LogP contribution in [-0.2, 0) is 28.8 Å². The molecule has 0 spiro atoms. The molecule has 1 aliphatic carbocycles. The number of hydrogen-bond acceptors (Lipinski definition) is 5. The average Bonchev–Trinajstić information content (AvgIpc) is 3.35. The van der Waals surface area contributed by atoms with Crippen molar-refractivity contribution in [3.63, 3.8) is 0 Å². The van der Waals surface area contributed by atoms with E-state index in [9.17, 15) is 9.59 Å². The van der Waals surface area contributed by atoms with Gasteiger partial charge in [0.2, 0.25) is 5.91 Å². The van der Waals surface area contributed by atoms with Crippen molar-refractivity contribution in [2.24, 2.45) is 0 Å². The smallest absolute Gasteiger partial charge is 0.257 e. The number of morpholine rings is 1. The Balaban J connectivity index is 1.21. The average molecular weight is 449 g/mol. The van der Waals surface area contributed by atoms with Gasteiger partial charge in [-0.05, 0) is 55.7 Å². The van der Waals surface area contributed by atoms with Gasteiger partial charge in [0.25, 0.3) is 5.91 Å². The zero-order valence-corrected chi connectivity index (χ0v) is 19.4. The molecule has 1 aromatic heterocycles. The summed E-state index contributed by atoms with van der Waals surface area (Å²) in [7, 11) is 0. The maximum absolute atomic E-state index is 13.0. The standard InChI is InChI=1S/C26H32N4O3/c1-18-23(26(32)29-10-12-33-13-11-29)16-27-25(28-18)22-8-9-30(17-22)24(31)15-19-6-7-20-4-2-3-5-21(20)14-19/h6-7,14,16,22H,2-5,8-13,15,17H2,1H3/t22-/m0/s1. The summed E-state index contributed by atoms with van der Waals surface area (Å²) in [5.74, 6) is 0.985. The highest BCUT2D eigenvalue weighted by atomic mass is 16.5. The summed E-state index contributed by atoms with van der Waals surface area (Å²) < 4.78 is 5.34. The number of hydrogen-bond donors (Lipinski definition) is 0. The number of carbonyl (C=O) groups is 2. The predicted octanol–water partition coefficient (Wildman–Crippen LogP) is 2.69. The Labute approximate surface area is 195 Å². The zero-order chi connectivity index (χ0) is 22.8. The molecule has 1 aromatic carbocycles. The molecule has 0 N–H and O–H groups in total. The van der Waals surface area contributed by atoms with E-state index in [1.165, 1.54) is 24.0 Å². The van der Waals surface area contributed by atoms with Crippen LogP contribution in [-0.4, -0.2) is 71.0 Å². The van der Waals surface area contributed by atoms with Gasteiger partial charge in [-0.25, -0.2) is 9.97 Å². The fraction of sp³-hybridized carbons (Fsp3) is 0.538. The summed E-state index contributed by atoms with van der Waals surface area (Å²) in [4.78, 5) is 38.7. The molecule has 5 rings (SSSR count). The predicted molar refractivity (Wildman–Crippen MR) is 124 cm³/mol. The maximum Gasteiger partial charge on any atom is 0.257 e. The summed E-state index contributed by atoms with van der Waals surface area (Å²) in [6.07, 6.45) is 7.77. The second-order valence-electron chi connectivity index (χ2n) is 9.44. The van der Waals surface area contributed by atoms with E-state index >= 15 is 0 Å². The summed E-state index contributed by atoms with van der Waals surface area (Å²) in [5, 5.41) is 0. The van der Waals surface area contributed by atoms with Crippen LogP contribution in [0.5, 0.6) is 0 Å². The highest BCUT2D eigenvalue weighted by Gasteiger charge is 2.30. The Morgan fingerprint density at radius 2 is 1.85 bits per heavy atom. The van der Waals surface area contributed by atoms with Crippen molar-refractivity contribution in [2.45, 2.75) is 51.4 Å². The fourth-order valence-electron chi connectivity index (χ4n) is 5.21. The first-order valence-electron chi connectivity index (χ1n) is 12.2. The molecule has 2 aliphatic heterocycles. The molecule has 174 valence electrons. The number of aryl methyl sites for hydroxylation is 3. The van der Waals surface area contributed by atoms with Crippen LogP contribution in [0.1, 0.15) is 63.7 Å². The van der Waals surface area contributed by atoms with Gasteiger partial charge >= 0.3 is 0 Å². The lowest BCUT2D eigenvalue weighted by Gasteiger charge is -2.27. The molecule has 2 saturated heterocycles. The van der Waals surface area contributed by atoms with E-state index in [-0.39, 0.29) is 17.7 Å². The van der Waals surface area contributed by atoms with E-state index in [1.54, 1.807) is 11.1 Å². The quantitative estimate of drug-likeness (QED) is 0.719. The Kier molecular flexibility index (Phi) is 6.40. The summed E-state index contributed by atoms with van der Waals surface area (Å²) in [5.41, 5.74) is 5.24. The minimum Gasteiger partial charge on any atom is -0.378 e. The monoisotopic (exact) mass is 448 g/mol. The van der Waals surface area contributed by atoms with Gasteiger partial charge in [0, 0.05) is 38.3 Å². The molecule has 0 radical (unpaired) electrons. The molecule has 0 saturated carbocycles. The van der Waals surface area contributed by atoms with Crippen LogP contribution >= 0.6 is 0 Å². The van der Waals surface area contributed by atoms with Crippen molar-refractivity contribution < 1.29 is 14.3 Å². The van der Waals surface area contributed by atoms with Crippen LogP contribution in [0.15, 0.2) is 24.4 Å². The van der Waals surface area contributed by atoms with Gasteiger partial charge in [-0.2, -0.15) is 0 Å². The zero-order valence-electron chi connectivity index (χ0n) is 19.4. The largest absolute Gasteiger partial charge is 0.378 e. The van der Waals surface area contributed by atoms with Crippen LogP contribution in [0.4, 0.5) is 0 Å². The van der Waals surface area contributed by atoms with E-state index in [0.717, 1.165) is 37.2 Å². The minimum atomic E-state index is -0.0318. The van der Waals surface area contributed by atoms with Gasteiger partial charge in [-0.1, -0.05) is 18.2 Å². The molecule has 0 bridgehead atoms. The molecule has 3 heterocycles. The number of benzene rings is 1. The van der Waals surface area contributed by atoms with Crippen LogP contribution < -0.4 is 0 Å². The lowest BCUT2D eigenvalue weighted by atomic mass is 9.90. The van der Waals surface area contributed by atoms with Crippen LogP contribution in [0.2, 0.25) is 0 Å². The van der Waals surface area contributed by atoms with Crippen molar-refractivity contribution in [3.05, 3.63) is 58.2 Å². The minimum absolute atomic E-state index is 0.0318. The number of rotatable bonds is 4. The molecule has 2 amide bonds. The third-order valence-electron chi connectivity index (χ3n) is 7.20. The first kappa shape index (κ1) is 22.0. The number of aromatic nitrogens is 2. The van der Waals surface area contributed by atoms with Gasteiger partial charge in [-0.3, -0.25) is 9.59 Å². The van der Waals surface area contributed by atoms with E-state index in [2.05, 4.69) is 28.2 Å². The second-order valence-corrected chi connectivity index (χ2v) is 9.44. The molecule has 7 nitrogen and oxygen atoms in total.